The molecular weight excluding hydrogens is 356 g/mol. The molecule has 1 aromatic rings. The summed E-state index contributed by atoms with van der Waals surface area (Å²) in [5, 5.41) is 3.12. The third-order valence-electron chi connectivity index (χ3n) is 3.99. The van der Waals surface area contributed by atoms with Gasteiger partial charge < -0.3 is 5.32 Å². The lowest BCUT2D eigenvalue weighted by Crippen LogP contribution is -2.47. The average Bonchev–Trinajstić information content (AvgIpc) is 2.31. The molecule has 0 heterocycles. The number of carbonyl (C=O) groups is 1. The summed E-state index contributed by atoms with van der Waals surface area (Å²) in [6.07, 6.45) is 4.55. The minimum absolute atomic E-state index is 0.0932. The Bertz CT molecular complexity index is 487. The molecule has 0 spiro atoms. The summed E-state index contributed by atoms with van der Waals surface area (Å²) in [6.45, 7) is 4.40. The van der Waals surface area contributed by atoms with Gasteiger partial charge in [-0.1, -0.05) is 26.7 Å². The van der Waals surface area contributed by atoms with E-state index >= 15 is 0 Å². The van der Waals surface area contributed by atoms with E-state index in [1.807, 2.05) is 22.6 Å². The minimum Gasteiger partial charge on any atom is -0.349 e. The summed E-state index contributed by atoms with van der Waals surface area (Å²) >= 11 is 2.00. The van der Waals surface area contributed by atoms with Crippen LogP contribution in [0.15, 0.2) is 18.2 Å². The Morgan fingerprint density at radius 1 is 1.42 bits per heavy atom. The number of rotatable bonds is 2. The molecule has 19 heavy (non-hydrogen) atoms. The van der Waals surface area contributed by atoms with Crippen molar-refractivity contribution in [1.82, 2.24) is 5.32 Å². The van der Waals surface area contributed by atoms with E-state index in [9.17, 15) is 9.18 Å². The van der Waals surface area contributed by atoms with Gasteiger partial charge in [0, 0.05) is 9.61 Å². The quantitative estimate of drug-likeness (QED) is 0.774. The molecule has 1 aliphatic rings. The van der Waals surface area contributed by atoms with Gasteiger partial charge in [-0.05, 0) is 59.0 Å². The van der Waals surface area contributed by atoms with Crippen LogP contribution in [0, 0.1) is 14.8 Å². The Morgan fingerprint density at radius 3 is 2.79 bits per heavy atom. The zero-order valence-corrected chi connectivity index (χ0v) is 13.5. The molecule has 104 valence electrons. The second-order valence-electron chi connectivity index (χ2n) is 5.88. The van der Waals surface area contributed by atoms with Gasteiger partial charge in [-0.2, -0.15) is 0 Å². The van der Waals surface area contributed by atoms with Crippen LogP contribution in [-0.4, -0.2) is 11.9 Å². The fourth-order valence-corrected chi connectivity index (χ4v) is 3.39. The Morgan fingerprint density at radius 2 is 2.16 bits per heavy atom. The molecule has 1 fully saturated rings. The number of nitrogens with one attached hydrogen (secondary N) is 1. The fourth-order valence-electron chi connectivity index (χ4n) is 2.67. The number of hydrogen-bond acceptors (Lipinski definition) is 1. The summed E-state index contributed by atoms with van der Waals surface area (Å²) in [7, 11) is 0. The highest BCUT2D eigenvalue weighted by molar-refractivity contribution is 14.1. The molecule has 0 aromatic heterocycles. The highest BCUT2D eigenvalue weighted by Gasteiger charge is 2.33. The van der Waals surface area contributed by atoms with Gasteiger partial charge >= 0.3 is 0 Å². The summed E-state index contributed by atoms with van der Waals surface area (Å²) in [5.74, 6) is -0.400. The van der Waals surface area contributed by atoms with Gasteiger partial charge in [0.15, 0.2) is 0 Å². The number of hydrogen-bond donors (Lipinski definition) is 1. The Kier molecular flexibility index (Phi) is 4.48. The largest absolute Gasteiger partial charge is 0.349 e. The zero-order valence-electron chi connectivity index (χ0n) is 11.3. The first kappa shape index (κ1) is 14.8. The Balaban J connectivity index is 2.12. The van der Waals surface area contributed by atoms with Gasteiger partial charge in [0.1, 0.15) is 5.82 Å². The topological polar surface area (TPSA) is 29.1 Å². The zero-order chi connectivity index (χ0) is 14.0. The molecule has 2 nitrogen and oxygen atoms in total. The number of carbonyl (C=O) groups excluding carboxylic acids is 1. The lowest BCUT2D eigenvalue weighted by Gasteiger charge is -2.39. The average molecular weight is 375 g/mol. The van der Waals surface area contributed by atoms with Crippen LogP contribution in [0.5, 0.6) is 0 Å². The van der Waals surface area contributed by atoms with E-state index in [-0.39, 0.29) is 23.2 Å². The molecule has 4 heteroatoms. The Labute approximate surface area is 127 Å². The third kappa shape index (κ3) is 3.46. The van der Waals surface area contributed by atoms with Gasteiger partial charge in [0.25, 0.3) is 5.91 Å². The van der Waals surface area contributed by atoms with Crippen LogP contribution >= 0.6 is 22.6 Å². The van der Waals surface area contributed by atoms with E-state index in [0.29, 0.717) is 9.13 Å². The molecule has 1 saturated carbocycles. The monoisotopic (exact) mass is 375 g/mol. The molecule has 1 amide bonds. The predicted octanol–water partition coefficient (Wildman–Crippen LogP) is 4.13. The summed E-state index contributed by atoms with van der Waals surface area (Å²) < 4.78 is 13.7. The second-order valence-corrected chi connectivity index (χ2v) is 7.05. The van der Waals surface area contributed by atoms with Crippen molar-refractivity contribution >= 4 is 28.5 Å². The van der Waals surface area contributed by atoms with Crippen molar-refractivity contribution in [3.8, 4) is 0 Å². The number of benzene rings is 1. The van der Waals surface area contributed by atoms with Crippen molar-refractivity contribution in [2.45, 2.75) is 45.6 Å². The third-order valence-corrected chi connectivity index (χ3v) is 4.88. The molecule has 0 saturated heterocycles. The van der Waals surface area contributed by atoms with E-state index in [1.54, 1.807) is 6.07 Å². The molecule has 1 atom stereocenters. The van der Waals surface area contributed by atoms with Gasteiger partial charge in [-0.3, -0.25) is 4.79 Å². The van der Waals surface area contributed by atoms with Crippen molar-refractivity contribution < 1.29 is 9.18 Å². The van der Waals surface area contributed by atoms with Crippen molar-refractivity contribution in [3.63, 3.8) is 0 Å². The van der Waals surface area contributed by atoms with Crippen molar-refractivity contribution in [3.05, 3.63) is 33.1 Å². The Hall–Kier alpha value is -0.650. The van der Waals surface area contributed by atoms with Crippen molar-refractivity contribution in [2.24, 2.45) is 5.41 Å². The van der Waals surface area contributed by atoms with Crippen molar-refractivity contribution in [2.75, 3.05) is 0 Å². The van der Waals surface area contributed by atoms with Gasteiger partial charge in [-0.15, -0.1) is 0 Å². The van der Waals surface area contributed by atoms with Crippen LogP contribution in [0.2, 0.25) is 0 Å². The first-order valence-electron chi connectivity index (χ1n) is 6.66. The van der Waals surface area contributed by atoms with Crippen LogP contribution < -0.4 is 5.32 Å². The summed E-state index contributed by atoms with van der Waals surface area (Å²) in [6, 6.07) is 4.49. The first-order valence-corrected chi connectivity index (χ1v) is 7.74. The molecule has 1 unspecified atom stereocenters. The maximum Gasteiger partial charge on any atom is 0.252 e. The van der Waals surface area contributed by atoms with Crippen LogP contribution in [0.1, 0.15) is 49.9 Å². The summed E-state index contributed by atoms with van der Waals surface area (Å²) in [5.41, 5.74) is 0.697. The smallest absolute Gasteiger partial charge is 0.252 e. The molecular formula is C15H19FINO. The lowest BCUT2D eigenvalue weighted by atomic mass is 9.73. The van der Waals surface area contributed by atoms with Gasteiger partial charge in [0.05, 0.1) is 5.56 Å². The molecule has 2 rings (SSSR count). The van der Waals surface area contributed by atoms with E-state index < -0.39 is 0 Å². The van der Waals surface area contributed by atoms with Crippen LogP contribution in [-0.2, 0) is 0 Å². The SMILES string of the molecule is CC1(C)CCCCC1NC(=O)c1ccc(F)cc1I. The lowest BCUT2D eigenvalue weighted by molar-refractivity contribution is 0.0852. The normalized spacial score (nSPS) is 22.0. The molecule has 0 bridgehead atoms. The highest BCUT2D eigenvalue weighted by atomic mass is 127. The molecule has 0 radical (unpaired) electrons. The standard InChI is InChI=1S/C15H19FINO/c1-15(2)8-4-3-5-13(15)18-14(19)11-7-6-10(16)9-12(11)17/h6-7,9,13H,3-5,8H2,1-2H3,(H,18,19). The van der Waals surface area contributed by atoms with Crippen molar-refractivity contribution in [1.29, 1.82) is 0 Å². The molecule has 1 aliphatic carbocycles. The summed E-state index contributed by atoms with van der Waals surface area (Å²) in [4.78, 5) is 12.3. The van der Waals surface area contributed by atoms with E-state index in [2.05, 4.69) is 19.2 Å². The van der Waals surface area contributed by atoms with E-state index in [4.69, 9.17) is 0 Å². The van der Waals surface area contributed by atoms with Crippen LogP contribution in [0.3, 0.4) is 0 Å². The van der Waals surface area contributed by atoms with Crippen LogP contribution in [0.25, 0.3) is 0 Å². The molecule has 1 N–H and O–H groups in total. The number of amides is 1. The fraction of sp³-hybridized carbons (Fsp3) is 0.533. The number of halogens is 2. The van der Waals surface area contributed by atoms with Crippen LogP contribution in [0.4, 0.5) is 4.39 Å². The van der Waals surface area contributed by atoms with Gasteiger partial charge in [-0.25, -0.2) is 4.39 Å². The van der Waals surface area contributed by atoms with E-state index in [1.165, 1.54) is 18.6 Å². The molecule has 1 aromatic carbocycles. The predicted molar refractivity (Wildman–Crippen MR) is 82.6 cm³/mol. The molecule has 0 aliphatic heterocycles. The highest BCUT2D eigenvalue weighted by Crippen LogP contribution is 2.35. The maximum absolute atomic E-state index is 13.1. The first-order chi connectivity index (χ1) is 8.90. The maximum atomic E-state index is 13.1. The second kappa shape index (κ2) is 5.77. The van der Waals surface area contributed by atoms with E-state index in [0.717, 1.165) is 19.3 Å². The van der Waals surface area contributed by atoms with Gasteiger partial charge in [0.2, 0.25) is 0 Å². The minimum atomic E-state index is -0.307.